The standard InChI is InChI=1S/C16H17N3OS.C2H6/c1-10(17)12-8-7-11(9-14(12)18)21-15-6-4-3-5-13(15)16(20)19-2;1-2/h3-9,17H,18H2,1-2H3,(H,19,20);1-2H3. The first-order chi connectivity index (χ1) is 11.0. The van der Waals surface area contributed by atoms with Gasteiger partial charge in [0, 0.05) is 33.8 Å². The lowest BCUT2D eigenvalue weighted by Gasteiger charge is -2.10. The van der Waals surface area contributed by atoms with Crippen LogP contribution in [-0.4, -0.2) is 18.7 Å². The maximum atomic E-state index is 11.9. The molecule has 2 aromatic rings. The predicted octanol–water partition coefficient (Wildman–Crippen LogP) is 4.19. The Morgan fingerprint density at radius 2 is 1.78 bits per heavy atom. The Hall–Kier alpha value is -2.27. The highest BCUT2D eigenvalue weighted by Crippen LogP contribution is 2.32. The molecule has 0 spiro atoms. The highest BCUT2D eigenvalue weighted by atomic mass is 32.2. The number of hydrogen-bond acceptors (Lipinski definition) is 4. The maximum Gasteiger partial charge on any atom is 0.252 e. The fourth-order valence-electron chi connectivity index (χ4n) is 1.95. The Labute approximate surface area is 142 Å². The van der Waals surface area contributed by atoms with Crippen LogP contribution in [0.25, 0.3) is 0 Å². The van der Waals surface area contributed by atoms with Crippen molar-refractivity contribution in [3.05, 3.63) is 53.6 Å². The van der Waals surface area contributed by atoms with Gasteiger partial charge in [-0.2, -0.15) is 0 Å². The first-order valence-corrected chi connectivity index (χ1v) is 8.28. The lowest BCUT2D eigenvalue weighted by molar-refractivity contribution is 0.0960. The van der Waals surface area contributed by atoms with Crippen molar-refractivity contribution >= 4 is 29.1 Å². The summed E-state index contributed by atoms with van der Waals surface area (Å²) < 4.78 is 0. The Morgan fingerprint density at radius 1 is 1.13 bits per heavy atom. The molecule has 0 aliphatic rings. The molecule has 0 aliphatic carbocycles. The second-order valence-electron chi connectivity index (χ2n) is 4.55. The van der Waals surface area contributed by atoms with E-state index in [1.54, 1.807) is 20.0 Å². The van der Waals surface area contributed by atoms with Crippen LogP contribution in [0, 0.1) is 5.41 Å². The zero-order valence-electron chi connectivity index (χ0n) is 13.9. The number of anilines is 1. The molecule has 0 heterocycles. The van der Waals surface area contributed by atoms with E-state index in [1.165, 1.54) is 11.8 Å². The molecule has 122 valence electrons. The third-order valence-electron chi connectivity index (χ3n) is 3.01. The zero-order chi connectivity index (χ0) is 17.4. The Morgan fingerprint density at radius 3 is 2.35 bits per heavy atom. The summed E-state index contributed by atoms with van der Waals surface area (Å²) in [7, 11) is 1.61. The first-order valence-electron chi connectivity index (χ1n) is 7.47. The number of hydrogen-bond donors (Lipinski definition) is 3. The Kier molecular flexibility index (Phi) is 7.35. The number of carbonyl (C=O) groups is 1. The van der Waals surface area contributed by atoms with Gasteiger partial charge in [-0.05, 0) is 37.3 Å². The molecule has 4 nitrogen and oxygen atoms in total. The van der Waals surface area contributed by atoms with Crippen LogP contribution in [0.3, 0.4) is 0 Å². The maximum absolute atomic E-state index is 11.9. The third-order valence-corrected chi connectivity index (χ3v) is 4.08. The molecule has 5 heteroatoms. The lowest BCUT2D eigenvalue weighted by atomic mass is 10.1. The summed E-state index contributed by atoms with van der Waals surface area (Å²) in [5.41, 5.74) is 8.35. The van der Waals surface area contributed by atoms with E-state index in [4.69, 9.17) is 11.1 Å². The van der Waals surface area contributed by atoms with E-state index in [0.29, 0.717) is 17.0 Å². The van der Waals surface area contributed by atoms with Gasteiger partial charge in [0.1, 0.15) is 0 Å². The molecule has 0 fully saturated rings. The van der Waals surface area contributed by atoms with Crippen molar-refractivity contribution in [3.8, 4) is 0 Å². The molecular weight excluding hydrogens is 306 g/mol. The monoisotopic (exact) mass is 329 g/mol. The van der Waals surface area contributed by atoms with Gasteiger partial charge in [0.25, 0.3) is 5.91 Å². The predicted molar refractivity (Wildman–Crippen MR) is 98.7 cm³/mol. The molecular formula is C18H23N3OS. The highest BCUT2D eigenvalue weighted by Gasteiger charge is 2.11. The molecule has 0 aromatic heterocycles. The summed E-state index contributed by atoms with van der Waals surface area (Å²) in [4.78, 5) is 13.7. The second-order valence-corrected chi connectivity index (χ2v) is 5.67. The summed E-state index contributed by atoms with van der Waals surface area (Å²) in [6, 6.07) is 13.0. The van der Waals surface area contributed by atoms with Crippen molar-refractivity contribution in [3.63, 3.8) is 0 Å². The first kappa shape index (κ1) is 18.8. The minimum Gasteiger partial charge on any atom is -0.398 e. The van der Waals surface area contributed by atoms with Crippen LogP contribution < -0.4 is 11.1 Å². The van der Waals surface area contributed by atoms with Crippen molar-refractivity contribution in [2.75, 3.05) is 12.8 Å². The fraction of sp³-hybridized carbons (Fsp3) is 0.222. The Bertz CT molecular complexity index is 698. The number of nitrogens with two attached hydrogens (primary N) is 1. The lowest BCUT2D eigenvalue weighted by Crippen LogP contribution is -2.18. The van der Waals surface area contributed by atoms with E-state index in [1.807, 2.05) is 50.2 Å². The fourth-order valence-corrected chi connectivity index (χ4v) is 2.94. The van der Waals surface area contributed by atoms with Crippen molar-refractivity contribution in [2.24, 2.45) is 0 Å². The van der Waals surface area contributed by atoms with Gasteiger partial charge in [-0.3, -0.25) is 4.79 Å². The van der Waals surface area contributed by atoms with Gasteiger partial charge in [-0.25, -0.2) is 0 Å². The van der Waals surface area contributed by atoms with Crippen molar-refractivity contribution < 1.29 is 4.79 Å². The molecule has 4 N–H and O–H groups in total. The number of amides is 1. The van der Waals surface area contributed by atoms with Crippen LogP contribution in [0.2, 0.25) is 0 Å². The van der Waals surface area contributed by atoms with Crippen LogP contribution in [0.1, 0.15) is 36.7 Å². The molecule has 1 amide bonds. The number of rotatable bonds is 4. The summed E-state index contributed by atoms with van der Waals surface area (Å²) in [5, 5.41) is 10.3. The summed E-state index contributed by atoms with van der Waals surface area (Å²) in [6.07, 6.45) is 0. The molecule has 0 unspecified atom stereocenters. The van der Waals surface area contributed by atoms with E-state index in [-0.39, 0.29) is 5.91 Å². The molecule has 2 aromatic carbocycles. The Balaban J connectivity index is 0.00000127. The van der Waals surface area contributed by atoms with E-state index in [2.05, 4.69) is 5.32 Å². The number of nitrogen functional groups attached to an aromatic ring is 1. The van der Waals surface area contributed by atoms with Crippen molar-refractivity contribution in [1.29, 1.82) is 5.41 Å². The minimum absolute atomic E-state index is 0.113. The average molecular weight is 329 g/mol. The highest BCUT2D eigenvalue weighted by molar-refractivity contribution is 7.99. The van der Waals surface area contributed by atoms with Gasteiger partial charge in [0.2, 0.25) is 0 Å². The molecule has 23 heavy (non-hydrogen) atoms. The number of benzene rings is 2. The molecule has 0 aliphatic heterocycles. The van der Waals surface area contributed by atoms with E-state index >= 15 is 0 Å². The van der Waals surface area contributed by atoms with Crippen LogP contribution in [0.5, 0.6) is 0 Å². The zero-order valence-corrected chi connectivity index (χ0v) is 14.8. The molecule has 0 saturated carbocycles. The minimum atomic E-state index is -0.113. The van der Waals surface area contributed by atoms with Crippen molar-refractivity contribution in [1.82, 2.24) is 5.32 Å². The molecule has 0 atom stereocenters. The molecule has 0 bridgehead atoms. The molecule has 2 rings (SSSR count). The van der Waals surface area contributed by atoms with Crippen LogP contribution in [0.4, 0.5) is 5.69 Å². The van der Waals surface area contributed by atoms with E-state index in [9.17, 15) is 4.79 Å². The largest absolute Gasteiger partial charge is 0.398 e. The van der Waals surface area contributed by atoms with Gasteiger partial charge in [-0.15, -0.1) is 0 Å². The van der Waals surface area contributed by atoms with E-state index in [0.717, 1.165) is 15.4 Å². The number of nitrogens with one attached hydrogen (secondary N) is 2. The van der Waals surface area contributed by atoms with Crippen molar-refractivity contribution in [2.45, 2.75) is 30.6 Å². The third kappa shape index (κ3) is 4.86. The smallest absolute Gasteiger partial charge is 0.252 e. The van der Waals surface area contributed by atoms with Gasteiger partial charge >= 0.3 is 0 Å². The average Bonchev–Trinajstić information content (AvgIpc) is 2.56. The summed E-state index contributed by atoms with van der Waals surface area (Å²) in [6.45, 7) is 5.71. The quantitative estimate of drug-likeness (QED) is 0.581. The molecule has 0 saturated heterocycles. The van der Waals surface area contributed by atoms with Gasteiger partial charge in [0.05, 0.1) is 5.56 Å². The topological polar surface area (TPSA) is 79.0 Å². The van der Waals surface area contributed by atoms with Gasteiger partial charge in [0.15, 0.2) is 0 Å². The van der Waals surface area contributed by atoms with Gasteiger partial charge < -0.3 is 16.5 Å². The second kappa shape index (κ2) is 9.00. The molecule has 0 radical (unpaired) electrons. The number of carbonyl (C=O) groups excluding carboxylic acids is 1. The van der Waals surface area contributed by atoms with Crippen LogP contribution >= 0.6 is 11.8 Å². The SMILES string of the molecule is CC.CNC(=O)c1ccccc1Sc1ccc(C(C)=N)c(N)c1. The normalized spacial score (nSPS) is 9.57. The van der Waals surface area contributed by atoms with Crippen LogP contribution in [-0.2, 0) is 0 Å². The summed E-state index contributed by atoms with van der Waals surface area (Å²) in [5.74, 6) is -0.113. The van der Waals surface area contributed by atoms with E-state index < -0.39 is 0 Å². The van der Waals surface area contributed by atoms with Crippen LogP contribution in [0.15, 0.2) is 52.3 Å². The van der Waals surface area contributed by atoms with Gasteiger partial charge in [-0.1, -0.05) is 37.7 Å². The summed E-state index contributed by atoms with van der Waals surface area (Å²) >= 11 is 1.48.